The summed E-state index contributed by atoms with van der Waals surface area (Å²) in [6.07, 6.45) is 4.08. The molecule has 0 N–H and O–H groups in total. The SMILES string of the molecule is CN1CCCC(Oc2cccc(CN=C=O)c2)C1. The molecular formula is C14H18N2O2. The minimum Gasteiger partial charge on any atom is -0.489 e. The lowest BCUT2D eigenvalue weighted by Gasteiger charge is -2.30. The van der Waals surface area contributed by atoms with E-state index < -0.39 is 0 Å². The Kier molecular flexibility index (Phi) is 4.51. The van der Waals surface area contributed by atoms with Gasteiger partial charge >= 0.3 is 0 Å². The van der Waals surface area contributed by atoms with Crippen molar-refractivity contribution in [2.75, 3.05) is 20.1 Å². The molecule has 4 nitrogen and oxygen atoms in total. The molecule has 1 aromatic rings. The Labute approximate surface area is 107 Å². The second-order valence-corrected chi connectivity index (χ2v) is 4.70. The normalized spacial score (nSPS) is 20.2. The van der Waals surface area contributed by atoms with Crippen LogP contribution in [-0.4, -0.2) is 37.2 Å². The van der Waals surface area contributed by atoms with E-state index in [2.05, 4.69) is 16.9 Å². The van der Waals surface area contributed by atoms with Crippen molar-refractivity contribution in [3.05, 3.63) is 29.8 Å². The molecule has 1 aliphatic rings. The molecule has 1 heterocycles. The lowest BCUT2D eigenvalue weighted by molar-refractivity contribution is 0.104. The molecule has 2 rings (SSSR count). The molecular weight excluding hydrogens is 228 g/mol. The van der Waals surface area contributed by atoms with Crippen LogP contribution in [0.4, 0.5) is 0 Å². The van der Waals surface area contributed by atoms with Gasteiger partial charge in [0.05, 0.1) is 6.54 Å². The van der Waals surface area contributed by atoms with Crippen LogP contribution in [0.1, 0.15) is 18.4 Å². The summed E-state index contributed by atoms with van der Waals surface area (Å²) in [5.41, 5.74) is 0.972. The van der Waals surface area contributed by atoms with Crippen molar-refractivity contribution < 1.29 is 9.53 Å². The number of ether oxygens (including phenoxy) is 1. The number of isocyanates is 1. The number of carbonyl (C=O) groups excluding carboxylic acids is 1. The Balaban J connectivity index is 1.97. The van der Waals surface area contributed by atoms with E-state index in [1.54, 1.807) is 6.08 Å². The maximum atomic E-state index is 10.1. The number of likely N-dealkylation sites (tertiary alicyclic amines) is 1. The standard InChI is InChI=1S/C14H18N2O2/c1-16-7-3-6-14(10-16)18-13-5-2-4-12(8-13)9-15-11-17/h2,4-5,8,14H,3,6-7,9-10H2,1H3. The van der Waals surface area contributed by atoms with Crippen LogP contribution >= 0.6 is 0 Å². The Morgan fingerprint density at radius 1 is 1.56 bits per heavy atom. The number of hydrogen-bond donors (Lipinski definition) is 0. The van der Waals surface area contributed by atoms with Crippen molar-refractivity contribution >= 4 is 6.08 Å². The first-order valence-electron chi connectivity index (χ1n) is 6.25. The van der Waals surface area contributed by atoms with Crippen LogP contribution in [-0.2, 0) is 11.3 Å². The van der Waals surface area contributed by atoms with E-state index in [-0.39, 0.29) is 6.10 Å². The quantitative estimate of drug-likeness (QED) is 0.602. The molecule has 18 heavy (non-hydrogen) atoms. The molecule has 0 aromatic heterocycles. The summed E-state index contributed by atoms with van der Waals surface area (Å²) >= 11 is 0. The third-order valence-corrected chi connectivity index (χ3v) is 3.11. The number of likely N-dealkylation sites (N-methyl/N-ethyl adjacent to an activating group) is 1. The fourth-order valence-corrected chi connectivity index (χ4v) is 2.25. The Morgan fingerprint density at radius 3 is 3.22 bits per heavy atom. The van der Waals surface area contributed by atoms with Crippen LogP contribution in [0, 0.1) is 0 Å². The van der Waals surface area contributed by atoms with Crippen molar-refractivity contribution in [3.63, 3.8) is 0 Å². The topological polar surface area (TPSA) is 41.9 Å². The van der Waals surface area contributed by atoms with Gasteiger partial charge in [-0.25, -0.2) is 9.79 Å². The van der Waals surface area contributed by atoms with Crippen LogP contribution in [0.15, 0.2) is 29.3 Å². The molecule has 1 unspecified atom stereocenters. The largest absolute Gasteiger partial charge is 0.489 e. The maximum Gasteiger partial charge on any atom is 0.235 e. The number of rotatable bonds is 4. The number of benzene rings is 1. The first-order valence-corrected chi connectivity index (χ1v) is 6.25. The number of piperidine rings is 1. The highest BCUT2D eigenvalue weighted by atomic mass is 16.5. The van der Waals surface area contributed by atoms with Gasteiger partial charge in [-0.2, -0.15) is 0 Å². The number of aliphatic imine (C=N–C) groups is 1. The molecule has 4 heteroatoms. The highest BCUT2D eigenvalue weighted by molar-refractivity contribution is 5.35. The van der Waals surface area contributed by atoms with E-state index in [0.29, 0.717) is 6.54 Å². The smallest absolute Gasteiger partial charge is 0.235 e. The van der Waals surface area contributed by atoms with Crippen LogP contribution in [0.3, 0.4) is 0 Å². The fraction of sp³-hybridized carbons (Fsp3) is 0.500. The van der Waals surface area contributed by atoms with Crippen LogP contribution in [0.5, 0.6) is 5.75 Å². The van der Waals surface area contributed by atoms with Gasteiger partial charge in [-0.05, 0) is 44.1 Å². The van der Waals surface area contributed by atoms with Gasteiger partial charge in [0.15, 0.2) is 0 Å². The summed E-state index contributed by atoms with van der Waals surface area (Å²) in [6.45, 7) is 2.48. The molecule has 0 spiro atoms. The zero-order chi connectivity index (χ0) is 12.8. The highest BCUT2D eigenvalue weighted by Gasteiger charge is 2.18. The lowest BCUT2D eigenvalue weighted by atomic mass is 10.1. The van der Waals surface area contributed by atoms with Crippen molar-refractivity contribution in [2.24, 2.45) is 4.99 Å². The minimum absolute atomic E-state index is 0.258. The monoisotopic (exact) mass is 246 g/mol. The summed E-state index contributed by atoms with van der Waals surface area (Å²) in [6, 6.07) is 7.75. The van der Waals surface area contributed by atoms with Crippen LogP contribution < -0.4 is 4.74 Å². The second kappa shape index (κ2) is 6.34. The van der Waals surface area contributed by atoms with E-state index in [0.717, 1.165) is 30.8 Å². The summed E-state index contributed by atoms with van der Waals surface area (Å²) in [5, 5.41) is 0. The van der Waals surface area contributed by atoms with Gasteiger partial charge in [-0.15, -0.1) is 0 Å². The average molecular weight is 246 g/mol. The van der Waals surface area contributed by atoms with Gasteiger partial charge in [0.25, 0.3) is 0 Å². The predicted molar refractivity (Wildman–Crippen MR) is 69.4 cm³/mol. The molecule has 1 fully saturated rings. The minimum atomic E-state index is 0.258. The Hall–Kier alpha value is -1.64. The molecule has 96 valence electrons. The highest BCUT2D eigenvalue weighted by Crippen LogP contribution is 2.19. The molecule has 0 saturated carbocycles. The fourth-order valence-electron chi connectivity index (χ4n) is 2.25. The molecule has 1 atom stereocenters. The molecule has 1 saturated heterocycles. The second-order valence-electron chi connectivity index (χ2n) is 4.70. The Bertz CT molecular complexity index is 441. The zero-order valence-corrected chi connectivity index (χ0v) is 10.6. The third kappa shape index (κ3) is 3.69. The van der Waals surface area contributed by atoms with Gasteiger partial charge in [-0.3, -0.25) is 0 Å². The molecule has 0 amide bonds. The number of nitrogens with zero attached hydrogens (tertiary/aromatic N) is 2. The first kappa shape index (κ1) is 12.8. The van der Waals surface area contributed by atoms with Crippen molar-refractivity contribution in [1.29, 1.82) is 0 Å². The van der Waals surface area contributed by atoms with E-state index >= 15 is 0 Å². The molecule has 0 radical (unpaired) electrons. The predicted octanol–water partition coefficient (Wildman–Crippen LogP) is 2.00. The van der Waals surface area contributed by atoms with Gasteiger partial charge in [0.2, 0.25) is 6.08 Å². The summed E-state index contributed by atoms with van der Waals surface area (Å²) in [5.74, 6) is 0.855. The maximum absolute atomic E-state index is 10.1. The van der Waals surface area contributed by atoms with E-state index in [4.69, 9.17) is 4.74 Å². The van der Waals surface area contributed by atoms with Crippen molar-refractivity contribution in [2.45, 2.75) is 25.5 Å². The van der Waals surface area contributed by atoms with Crippen LogP contribution in [0.2, 0.25) is 0 Å². The summed E-state index contributed by atoms with van der Waals surface area (Å²) < 4.78 is 5.96. The van der Waals surface area contributed by atoms with Crippen molar-refractivity contribution in [3.8, 4) is 5.75 Å². The molecule has 1 aromatic carbocycles. The number of hydrogen-bond acceptors (Lipinski definition) is 4. The molecule has 0 aliphatic carbocycles. The Morgan fingerprint density at radius 2 is 2.44 bits per heavy atom. The average Bonchev–Trinajstić information content (AvgIpc) is 2.37. The van der Waals surface area contributed by atoms with Gasteiger partial charge < -0.3 is 9.64 Å². The van der Waals surface area contributed by atoms with Gasteiger partial charge in [0, 0.05) is 6.54 Å². The summed E-state index contributed by atoms with van der Waals surface area (Å²) in [4.78, 5) is 15.9. The van der Waals surface area contributed by atoms with E-state index in [1.165, 1.54) is 6.42 Å². The van der Waals surface area contributed by atoms with E-state index in [9.17, 15) is 4.79 Å². The summed E-state index contributed by atoms with van der Waals surface area (Å²) in [7, 11) is 2.12. The van der Waals surface area contributed by atoms with Crippen molar-refractivity contribution in [1.82, 2.24) is 4.90 Å². The third-order valence-electron chi connectivity index (χ3n) is 3.11. The molecule has 0 bridgehead atoms. The zero-order valence-electron chi connectivity index (χ0n) is 10.6. The van der Waals surface area contributed by atoms with Gasteiger partial charge in [0.1, 0.15) is 11.9 Å². The van der Waals surface area contributed by atoms with Crippen LogP contribution in [0.25, 0.3) is 0 Å². The first-order chi connectivity index (χ1) is 8.78. The lowest BCUT2D eigenvalue weighted by Crippen LogP contribution is -2.38. The van der Waals surface area contributed by atoms with Gasteiger partial charge in [-0.1, -0.05) is 12.1 Å². The molecule has 1 aliphatic heterocycles. The van der Waals surface area contributed by atoms with E-state index in [1.807, 2.05) is 24.3 Å².